The second-order valence-electron chi connectivity index (χ2n) is 5.15. The summed E-state index contributed by atoms with van der Waals surface area (Å²) in [4.78, 5) is 4.61. The number of hydrogen-bond acceptors (Lipinski definition) is 5. The van der Waals surface area contributed by atoms with E-state index in [-0.39, 0.29) is 0 Å². The van der Waals surface area contributed by atoms with Gasteiger partial charge in [0.15, 0.2) is 16.6 Å². The molecular weight excluding hydrogens is 367 g/mol. The lowest BCUT2D eigenvalue weighted by molar-refractivity contribution is 0.171. The Labute approximate surface area is 153 Å². The number of rotatable bonds is 3. The van der Waals surface area contributed by atoms with Crippen molar-refractivity contribution < 1.29 is 9.47 Å². The highest BCUT2D eigenvalue weighted by molar-refractivity contribution is 7.14. The first-order valence-corrected chi connectivity index (χ1v) is 8.90. The van der Waals surface area contributed by atoms with E-state index in [2.05, 4.69) is 10.3 Å². The maximum atomic E-state index is 6.03. The number of thiazole rings is 1. The number of nitrogens with one attached hydrogen (secondary N) is 1. The van der Waals surface area contributed by atoms with E-state index in [1.54, 1.807) is 12.1 Å². The fourth-order valence-corrected chi connectivity index (χ4v) is 3.40. The van der Waals surface area contributed by atoms with Crippen LogP contribution in [-0.2, 0) is 0 Å². The van der Waals surface area contributed by atoms with Gasteiger partial charge in [0.1, 0.15) is 13.2 Å². The van der Waals surface area contributed by atoms with Crippen molar-refractivity contribution in [3.63, 3.8) is 0 Å². The Bertz CT molecular complexity index is 898. The highest BCUT2D eigenvalue weighted by Gasteiger charge is 2.14. The maximum Gasteiger partial charge on any atom is 0.187 e. The van der Waals surface area contributed by atoms with Gasteiger partial charge in [0.2, 0.25) is 0 Å². The molecule has 3 aromatic rings. The number of ether oxygens (including phenoxy) is 2. The number of nitrogens with zero attached hydrogens (tertiary/aromatic N) is 1. The van der Waals surface area contributed by atoms with Gasteiger partial charge in [-0.3, -0.25) is 0 Å². The Balaban J connectivity index is 1.57. The zero-order valence-electron chi connectivity index (χ0n) is 12.4. The molecule has 122 valence electrons. The SMILES string of the molecule is Clc1ccc(Nc2nc(-c3ccc4c(c3)OCCO4)cs2)cc1Cl. The smallest absolute Gasteiger partial charge is 0.187 e. The first-order valence-electron chi connectivity index (χ1n) is 7.27. The average molecular weight is 379 g/mol. The summed E-state index contributed by atoms with van der Waals surface area (Å²) in [7, 11) is 0. The fraction of sp³-hybridized carbons (Fsp3) is 0.118. The van der Waals surface area contributed by atoms with E-state index in [1.807, 2.05) is 29.6 Å². The molecule has 1 aliphatic rings. The molecule has 4 nitrogen and oxygen atoms in total. The van der Waals surface area contributed by atoms with E-state index >= 15 is 0 Å². The van der Waals surface area contributed by atoms with Crippen LogP contribution in [0.1, 0.15) is 0 Å². The average Bonchev–Trinajstić information content (AvgIpc) is 3.06. The number of aromatic nitrogens is 1. The van der Waals surface area contributed by atoms with E-state index in [0.717, 1.165) is 33.6 Å². The largest absolute Gasteiger partial charge is 0.486 e. The Kier molecular flexibility index (Phi) is 4.22. The quantitative estimate of drug-likeness (QED) is 0.640. The number of halogens is 2. The van der Waals surface area contributed by atoms with Crippen LogP contribution < -0.4 is 14.8 Å². The molecule has 0 saturated carbocycles. The summed E-state index contributed by atoms with van der Waals surface area (Å²) in [6, 6.07) is 11.2. The van der Waals surface area contributed by atoms with Gasteiger partial charge < -0.3 is 14.8 Å². The molecule has 0 aliphatic carbocycles. The van der Waals surface area contributed by atoms with Gasteiger partial charge in [-0.1, -0.05) is 23.2 Å². The molecule has 4 rings (SSSR count). The first kappa shape index (κ1) is 15.6. The van der Waals surface area contributed by atoms with Crippen molar-refractivity contribution in [2.45, 2.75) is 0 Å². The highest BCUT2D eigenvalue weighted by atomic mass is 35.5. The summed E-state index contributed by atoms with van der Waals surface area (Å²) in [5.41, 5.74) is 2.70. The van der Waals surface area contributed by atoms with E-state index in [0.29, 0.717) is 23.3 Å². The van der Waals surface area contributed by atoms with E-state index in [9.17, 15) is 0 Å². The number of fused-ring (bicyclic) bond motifs is 1. The lowest BCUT2D eigenvalue weighted by Crippen LogP contribution is -2.15. The molecule has 0 spiro atoms. The third-order valence-corrected chi connectivity index (χ3v) is 5.01. The Hall–Kier alpha value is -1.95. The molecular formula is C17H12Cl2N2O2S. The van der Waals surface area contributed by atoms with Crippen LogP contribution in [0.2, 0.25) is 10.0 Å². The number of hydrogen-bond donors (Lipinski definition) is 1. The predicted octanol–water partition coefficient (Wildman–Crippen LogP) is 5.63. The van der Waals surface area contributed by atoms with Gasteiger partial charge in [-0.25, -0.2) is 4.98 Å². The van der Waals surface area contributed by atoms with Crippen molar-refractivity contribution in [2.75, 3.05) is 18.5 Å². The van der Waals surface area contributed by atoms with Gasteiger partial charge in [0.25, 0.3) is 0 Å². The van der Waals surface area contributed by atoms with Gasteiger partial charge >= 0.3 is 0 Å². The van der Waals surface area contributed by atoms with E-state index < -0.39 is 0 Å². The summed E-state index contributed by atoms with van der Waals surface area (Å²) < 4.78 is 11.2. The van der Waals surface area contributed by atoms with Gasteiger partial charge in [0.05, 0.1) is 15.7 Å². The van der Waals surface area contributed by atoms with Crippen molar-refractivity contribution >= 4 is 45.4 Å². The molecule has 2 aromatic carbocycles. The Morgan fingerprint density at radius 1 is 0.958 bits per heavy atom. The van der Waals surface area contributed by atoms with Gasteiger partial charge in [0, 0.05) is 16.6 Å². The van der Waals surface area contributed by atoms with Crippen LogP contribution in [0.3, 0.4) is 0 Å². The summed E-state index contributed by atoms with van der Waals surface area (Å²) in [6.45, 7) is 1.15. The van der Waals surface area contributed by atoms with Crippen LogP contribution in [0.15, 0.2) is 41.8 Å². The molecule has 0 fully saturated rings. The lowest BCUT2D eigenvalue weighted by Gasteiger charge is -2.18. The highest BCUT2D eigenvalue weighted by Crippen LogP contribution is 2.36. The minimum absolute atomic E-state index is 0.505. The maximum absolute atomic E-state index is 6.03. The Morgan fingerprint density at radius 2 is 1.79 bits per heavy atom. The normalized spacial score (nSPS) is 12.9. The van der Waals surface area contributed by atoms with Crippen LogP contribution >= 0.6 is 34.5 Å². The van der Waals surface area contributed by atoms with Crippen LogP contribution in [0.4, 0.5) is 10.8 Å². The molecule has 0 radical (unpaired) electrons. The molecule has 0 saturated heterocycles. The predicted molar refractivity (Wildman–Crippen MR) is 98.3 cm³/mol. The van der Waals surface area contributed by atoms with E-state index in [4.69, 9.17) is 32.7 Å². The van der Waals surface area contributed by atoms with Gasteiger partial charge in [-0.05, 0) is 36.4 Å². The van der Waals surface area contributed by atoms with Crippen molar-refractivity contribution in [2.24, 2.45) is 0 Å². The molecule has 24 heavy (non-hydrogen) atoms. The van der Waals surface area contributed by atoms with Crippen LogP contribution in [-0.4, -0.2) is 18.2 Å². The van der Waals surface area contributed by atoms with E-state index in [1.165, 1.54) is 11.3 Å². The minimum Gasteiger partial charge on any atom is -0.486 e. The molecule has 1 aromatic heterocycles. The summed E-state index contributed by atoms with van der Waals surface area (Å²) in [5, 5.41) is 7.03. The van der Waals surface area contributed by atoms with Crippen molar-refractivity contribution in [1.29, 1.82) is 0 Å². The molecule has 0 unspecified atom stereocenters. The molecule has 0 amide bonds. The molecule has 2 heterocycles. The minimum atomic E-state index is 0.505. The fourth-order valence-electron chi connectivity index (χ4n) is 2.36. The first-order chi connectivity index (χ1) is 11.7. The topological polar surface area (TPSA) is 43.4 Å². The third-order valence-electron chi connectivity index (χ3n) is 3.51. The molecule has 0 bridgehead atoms. The zero-order valence-corrected chi connectivity index (χ0v) is 14.7. The second-order valence-corrected chi connectivity index (χ2v) is 6.82. The molecule has 0 atom stereocenters. The molecule has 1 aliphatic heterocycles. The van der Waals surface area contributed by atoms with Crippen LogP contribution in [0.25, 0.3) is 11.3 Å². The number of anilines is 2. The van der Waals surface area contributed by atoms with Gasteiger partial charge in [-0.15, -0.1) is 11.3 Å². The lowest BCUT2D eigenvalue weighted by atomic mass is 10.1. The summed E-state index contributed by atoms with van der Waals surface area (Å²) in [6.07, 6.45) is 0. The number of benzene rings is 2. The standard InChI is InChI=1S/C17H12Cl2N2O2S/c18-12-3-2-11(8-13(12)19)20-17-21-14(9-24-17)10-1-4-15-16(7-10)23-6-5-22-15/h1-4,7-9H,5-6H2,(H,20,21). The van der Waals surface area contributed by atoms with Gasteiger partial charge in [-0.2, -0.15) is 0 Å². The second kappa shape index (κ2) is 6.51. The molecule has 1 N–H and O–H groups in total. The van der Waals surface area contributed by atoms with Crippen LogP contribution in [0.5, 0.6) is 11.5 Å². The summed E-state index contributed by atoms with van der Waals surface area (Å²) >= 11 is 13.5. The van der Waals surface area contributed by atoms with Crippen molar-refractivity contribution in [1.82, 2.24) is 4.98 Å². The molecule has 7 heteroatoms. The zero-order chi connectivity index (χ0) is 16.5. The third kappa shape index (κ3) is 3.15. The van der Waals surface area contributed by atoms with Crippen LogP contribution in [0, 0.1) is 0 Å². The Morgan fingerprint density at radius 3 is 2.62 bits per heavy atom. The van der Waals surface area contributed by atoms with Crippen molar-refractivity contribution in [3.05, 3.63) is 51.8 Å². The summed E-state index contributed by atoms with van der Waals surface area (Å²) in [5.74, 6) is 1.53. The monoisotopic (exact) mass is 378 g/mol. The van der Waals surface area contributed by atoms with Crippen molar-refractivity contribution in [3.8, 4) is 22.8 Å².